The van der Waals surface area contributed by atoms with E-state index in [9.17, 15) is 4.79 Å². The molecule has 5 nitrogen and oxygen atoms in total. The molecule has 26 heavy (non-hydrogen) atoms. The molecule has 0 aliphatic carbocycles. The molecule has 2 aliphatic heterocycles. The monoisotopic (exact) mass is 344 g/mol. The molecule has 0 bridgehead atoms. The van der Waals surface area contributed by atoms with E-state index in [-0.39, 0.29) is 5.91 Å². The fourth-order valence-electron chi connectivity index (χ4n) is 4.13. The highest BCUT2D eigenvalue weighted by molar-refractivity contribution is 5.96. The Kier molecular flexibility index (Phi) is 3.27. The number of pyridine rings is 1. The molecule has 5 heteroatoms. The van der Waals surface area contributed by atoms with Gasteiger partial charge in [0.1, 0.15) is 11.4 Å². The minimum absolute atomic E-state index is 0.0732. The molecule has 0 radical (unpaired) electrons. The number of carbonyl (C=O) groups excluding carboxylic acids is 1. The van der Waals surface area contributed by atoms with Crippen molar-refractivity contribution in [2.45, 2.75) is 19.1 Å². The summed E-state index contributed by atoms with van der Waals surface area (Å²) in [5.41, 5.74) is 4.48. The second-order valence-corrected chi connectivity index (χ2v) is 7.07. The minimum atomic E-state index is -0.474. The molecule has 1 atom stereocenters. The van der Waals surface area contributed by atoms with E-state index in [1.807, 2.05) is 35.4 Å². The number of nitrogens with zero attached hydrogens (tertiary/aromatic N) is 3. The molecule has 1 amide bonds. The number of rotatable bonds is 2. The molecular formula is C21H20N4O. The lowest BCUT2D eigenvalue weighted by Gasteiger charge is -2.43. The number of amides is 1. The van der Waals surface area contributed by atoms with Gasteiger partial charge < -0.3 is 9.47 Å². The van der Waals surface area contributed by atoms with Crippen molar-refractivity contribution in [3.63, 3.8) is 0 Å². The van der Waals surface area contributed by atoms with Gasteiger partial charge in [-0.25, -0.2) is 0 Å². The summed E-state index contributed by atoms with van der Waals surface area (Å²) in [6, 6.07) is 16.3. The van der Waals surface area contributed by atoms with Crippen molar-refractivity contribution in [2.75, 3.05) is 13.1 Å². The van der Waals surface area contributed by atoms with Crippen molar-refractivity contribution in [1.82, 2.24) is 19.8 Å². The maximum absolute atomic E-state index is 13.2. The van der Waals surface area contributed by atoms with E-state index in [1.165, 1.54) is 5.56 Å². The largest absolute Gasteiger partial charge is 0.339 e. The van der Waals surface area contributed by atoms with Gasteiger partial charge in [0, 0.05) is 31.0 Å². The van der Waals surface area contributed by atoms with Crippen LogP contribution in [0.2, 0.25) is 0 Å². The van der Waals surface area contributed by atoms with Crippen LogP contribution in [0, 0.1) is 6.92 Å². The van der Waals surface area contributed by atoms with E-state index in [2.05, 4.69) is 46.1 Å². The molecule has 2 aliphatic rings. The van der Waals surface area contributed by atoms with Crippen molar-refractivity contribution in [2.24, 2.45) is 0 Å². The van der Waals surface area contributed by atoms with Gasteiger partial charge in [-0.2, -0.15) is 0 Å². The molecule has 1 aromatic carbocycles. The van der Waals surface area contributed by atoms with E-state index in [1.54, 1.807) is 6.20 Å². The van der Waals surface area contributed by atoms with Crippen LogP contribution in [0.1, 0.15) is 21.6 Å². The van der Waals surface area contributed by atoms with Crippen LogP contribution in [-0.2, 0) is 12.2 Å². The van der Waals surface area contributed by atoms with Crippen LogP contribution in [0.15, 0.2) is 60.9 Å². The minimum Gasteiger partial charge on any atom is -0.339 e. The Morgan fingerprint density at radius 1 is 1.15 bits per heavy atom. The first-order chi connectivity index (χ1) is 12.7. The summed E-state index contributed by atoms with van der Waals surface area (Å²) in [5, 5.41) is 3.60. The molecule has 0 saturated carbocycles. The van der Waals surface area contributed by atoms with Gasteiger partial charge in [-0.1, -0.05) is 35.9 Å². The molecular weight excluding hydrogens is 324 g/mol. The average molecular weight is 344 g/mol. The molecule has 1 unspecified atom stereocenters. The first-order valence-electron chi connectivity index (χ1n) is 8.93. The van der Waals surface area contributed by atoms with Crippen molar-refractivity contribution in [3.05, 3.63) is 77.7 Å². The number of aryl methyl sites for hydroxylation is 1. The number of carbonyl (C=O) groups is 1. The van der Waals surface area contributed by atoms with Crippen LogP contribution in [0.5, 0.6) is 0 Å². The fraction of sp³-hybridized carbons (Fsp3) is 0.238. The number of hydrogen-bond donors (Lipinski definition) is 1. The summed E-state index contributed by atoms with van der Waals surface area (Å²) in [6.07, 6.45) is 3.82. The van der Waals surface area contributed by atoms with E-state index < -0.39 is 5.66 Å². The highest BCUT2D eigenvalue weighted by Crippen LogP contribution is 2.38. The normalized spacial score (nSPS) is 21.6. The van der Waals surface area contributed by atoms with Gasteiger partial charge in [0.05, 0.1) is 12.2 Å². The Bertz CT molecular complexity index is 977. The topological polar surface area (TPSA) is 50.2 Å². The predicted octanol–water partition coefficient (Wildman–Crippen LogP) is 2.77. The van der Waals surface area contributed by atoms with Crippen LogP contribution in [0.25, 0.3) is 11.3 Å². The predicted molar refractivity (Wildman–Crippen MR) is 99.6 cm³/mol. The fourth-order valence-corrected chi connectivity index (χ4v) is 4.13. The number of benzene rings is 1. The summed E-state index contributed by atoms with van der Waals surface area (Å²) < 4.78 is 2.07. The Hall–Kier alpha value is -2.92. The highest BCUT2D eigenvalue weighted by atomic mass is 16.2. The number of nitrogens with one attached hydrogen (secondary N) is 1. The molecule has 1 N–H and O–H groups in total. The van der Waals surface area contributed by atoms with Gasteiger partial charge in [0.2, 0.25) is 0 Å². The Labute approximate surface area is 152 Å². The first-order valence-corrected chi connectivity index (χ1v) is 8.93. The molecule has 1 saturated heterocycles. The van der Waals surface area contributed by atoms with E-state index in [4.69, 9.17) is 0 Å². The number of fused-ring (bicyclic) bond motifs is 2. The third kappa shape index (κ3) is 2.14. The molecule has 0 spiro atoms. The average Bonchev–Trinajstić information content (AvgIpc) is 3.28. The Morgan fingerprint density at radius 3 is 2.77 bits per heavy atom. The van der Waals surface area contributed by atoms with Gasteiger partial charge in [0.15, 0.2) is 0 Å². The van der Waals surface area contributed by atoms with E-state index >= 15 is 0 Å². The van der Waals surface area contributed by atoms with Gasteiger partial charge in [-0.15, -0.1) is 0 Å². The van der Waals surface area contributed by atoms with Crippen LogP contribution in [0.4, 0.5) is 0 Å². The van der Waals surface area contributed by atoms with Crippen molar-refractivity contribution in [1.29, 1.82) is 0 Å². The second kappa shape index (κ2) is 5.54. The van der Waals surface area contributed by atoms with Crippen molar-refractivity contribution >= 4 is 5.91 Å². The lowest BCUT2D eigenvalue weighted by atomic mass is 9.95. The zero-order valence-electron chi connectivity index (χ0n) is 14.6. The molecule has 1 fully saturated rings. The summed E-state index contributed by atoms with van der Waals surface area (Å²) >= 11 is 0. The van der Waals surface area contributed by atoms with Gasteiger partial charge in [-0.05, 0) is 30.7 Å². The molecule has 3 aromatic rings. The van der Waals surface area contributed by atoms with Crippen LogP contribution in [0.3, 0.4) is 0 Å². The number of hydrogen-bond acceptors (Lipinski definition) is 3. The van der Waals surface area contributed by atoms with E-state index in [0.717, 1.165) is 35.6 Å². The summed E-state index contributed by atoms with van der Waals surface area (Å²) in [6.45, 7) is 4.30. The molecule has 130 valence electrons. The third-order valence-corrected chi connectivity index (χ3v) is 5.46. The summed E-state index contributed by atoms with van der Waals surface area (Å²) in [7, 11) is 0. The SMILES string of the molecule is Cc1ccc(C23Cn4cc(-c5ccccn5)cc4C(=O)N2CCN3)cc1. The zero-order chi connectivity index (χ0) is 17.7. The Morgan fingerprint density at radius 2 is 2.00 bits per heavy atom. The van der Waals surface area contributed by atoms with Crippen LogP contribution in [-0.4, -0.2) is 33.4 Å². The molecule has 4 heterocycles. The summed E-state index contributed by atoms with van der Waals surface area (Å²) in [5.74, 6) is 0.0732. The Balaban J connectivity index is 1.62. The van der Waals surface area contributed by atoms with Gasteiger partial charge in [0.25, 0.3) is 5.91 Å². The van der Waals surface area contributed by atoms with E-state index in [0.29, 0.717) is 6.54 Å². The highest BCUT2D eigenvalue weighted by Gasteiger charge is 2.49. The number of aromatic nitrogens is 2. The zero-order valence-corrected chi connectivity index (χ0v) is 14.6. The van der Waals surface area contributed by atoms with Crippen LogP contribution >= 0.6 is 0 Å². The third-order valence-electron chi connectivity index (χ3n) is 5.46. The maximum Gasteiger partial charge on any atom is 0.272 e. The quantitative estimate of drug-likeness (QED) is 0.778. The second-order valence-electron chi connectivity index (χ2n) is 7.07. The molecule has 5 rings (SSSR count). The van der Waals surface area contributed by atoms with Gasteiger partial charge in [-0.3, -0.25) is 15.1 Å². The maximum atomic E-state index is 13.2. The van der Waals surface area contributed by atoms with Crippen molar-refractivity contribution < 1.29 is 4.79 Å². The van der Waals surface area contributed by atoms with Gasteiger partial charge >= 0.3 is 0 Å². The van der Waals surface area contributed by atoms with Crippen molar-refractivity contribution in [3.8, 4) is 11.3 Å². The smallest absolute Gasteiger partial charge is 0.272 e. The summed E-state index contributed by atoms with van der Waals surface area (Å²) in [4.78, 5) is 19.6. The molecule has 2 aromatic heterocycles. The lowest BCUT2D eigenvalue weighted by molar-refractivity contribution is 0.0398. The van der Waals surface area contributed by atoms with Crippen LogP contribution < -0.4 is 5.32 Å². The lowest BCUT2D eigenvalue weighted by Crippen LogP contribution is -2.57. The standard InChI is InChI=1S/C21H20N4O/c1-15-5-7-17(8-6-15)21-14-24-13-16(18-4-2-3-9-22-18)12-19(24)20(26)25(21)11-10-23-21/h2-9,12-13,23H,10-11,14H2,1H3. The first kappa shape index (κ1) is 15.3.